The molecule has 2 N–H and O–H groups in total. The van der Waals surface area contributed by atoms with Gasteiger partial charge in [-0.1, -0.05) is 22.9 Å². The van der Waals surface area contributed by atoms with E-state index in [1.54, 1.807) is 6.07 Å². The lowest BCUT2D eigenvalue weighted by molar-refractivity contribution is 0.170. The van der Waals surface area contributed by atoms with Gasteiger partial charge in [0.2, 0.25) is 0 Å². The largest absolute Gasteiger partial charge is 0.382 e. The minimum Gasteiger partial charge on any atom is -0.382 e. The second kappa shape index (κ2) is 7.44. The van der Waals surface area contributed by atoms with Gasteiger partial charge in [0, 0.05) is 18.1 Å². The maximum absolute atomic E-state index is 13.0. The number of rotatable bonds is 6. The molecule has 2 aliphatic heterocycles. The molecule has 2 aromatic rings. The fourth-order valence-corrected chi connectivity index (χ4v) is 6.49. The van der Waals surface area contributed by atoms with Gasteiger partial charge in [0.1, 0.15) is 0 Å². The quantitative estimate of drug-likeness (QED) is 0.699. The monoisotopic (exact) mass is 444 g/mol. The standard InChI is InChI=1S/C18H22ClFN4O2S2/c1-12-5-7-18(6-2-8-24(12)18)11-22-15-4-3-13(9-14(15)19)28(25,26)23-17-21-10-16(20)27-17/h3-4,9-10,12,22H,2,5-8,11H2,1H3,(H,21,23). The van der Waals surface area contributed by atoms with Crippen molar-refractivity contribution in [3.8, 4) is 0 Å². The smallest absolute Gasteiger partial charge is 0.263 e. The van der Waals surface area contributed by atoms with Gasteiger partial charge in [-0.25, -0.2) is 13.4 Å². The van der Waals surface area contributed by atoms with Crippen molar-refractivity contribution in [2.45, 2.75) is 49.1 Å². The van der Waals surface area contributed by atoms with Crippen LogP contribution in [0.4, 0.5) is 15.2 Å². The summed E-state index contributed by atoms with van der Waals surface area (Å²) in [6.07, 6.45) is 5.72. The number of nitrogens with zero attached hydrogens (tertiary/aromatic N) is 2. The van der Waals surface area contributed by atoms with Gasteiger partial charge >= 0.3 is 0 Å². The van der Waals surface area contributed by atoms with Crippen molar-refractivity contribution < 1.29 is 12.8 Å². The zero-order valence-corrected chi connectivity index (χ0v) is 17.8. The van der Waals surface area contributed by atoms with Crippen LogP contribution < -0.4 is 10.0 Å². The van der Waals surface area contributed by atoms with Crippen LogP contribution in [0.1, 0.15) is 32.6 Å². The van der Waals surface area contributed by atoms with E-state index in [1.165, 1.54) is 37.8 Å². The van der Waals surface area contributed by atoms with Gasteiger partial charge in [0.25, 0.3) is 10.0 Å². The predicted octanol–water partition coefficient (Wildman–Crippen LogP) is 4.17. The normalized spacial score (nSPS) is 25.0. The van der Waals surface area contributed by atoms with E-state index in [0.717, 1.165) is 19.3 Å². The zero-order valence-electron chi connectivity index (χ0n) is 15.4. The van der Waals surface area contributed by atoms with E-state index >= 15 is 0 Å². The summed E-state index contributed by atoms with van der Waals surface area (Å²) in [4.78, 5) is 6.27. The molecule has 2 fully saturated rings. The number of halogens is 2. The van der Waals surface area contributed by atoms with E-state index in [9.17, 15) is 12.8 Å². The first-order valence-electron chi connectivity index (χ1n) is 9.23. The van der Waals surface area contributed by atoms with E-state index in [4.69, 9.17) is 11.6 Å². The van der Waals surface area contributed by atoms with E-state index in [2.05, 4.69) is 26.8 Å². The van der Waals surface area contributed by atoms with Gasteiger partial charge in [-0.05, 0) is 57.4 Å². The Morgan fingerprint density at radius 1 is 1.43 bits per heavy atom. The molecule has 6 nitrogen and oxygen atoms in total. The molecule has 28 heavy (non-hydrogen) atoms. The molecule has 10 heteroatoms. The highest BCUT2D eigenvalue weighted by Crippen LogP contribution is 2.42. The molecule has 2 aliphatic rings. The molecule has 0 radical (unpaired) electrons. The molecule has 3 heterocycles. The van der Waals surface area contributed by atoms with Crippen LogP contribution in [0.5, 0.6) is 0 Å². The molecule has 2 atom stereocenters. The molecule has 0 saturated carbocycles. The van der Waals surface area contributed by atoms with E-state index in [-0.39, 0.29) is 15.6 Å². The number of hydrogen-bond acceptors (Lipinski definition) is 6. The van der Waals surface area contributed by atoms with Crippen molar-refractivity contribution in [1.29, 1.82) is 0 Å². The number of sulfonamides is 1. The van der Waals surface area contributed by atoms with Crippen LogP contribution in [0.2, 0.25) is 5.02 Å². The average Bonchev–Trinajstić information content (AvgIpc) is 3.31. The minimum absolute atomic E-state index is 0.00815. The van der Waals surface area contributed by atoms with Crippen LogP contribution in [0, 0.1) is 5.13 Å². The number of anilines is 2. The lowest BCUT2D eigenvalue weighted by atomic mass is 9.94. The third kappa shape index (κ3) is 3.72. The van der Waals surface area contributed by atoms with Crippen LogP contribution in [0.15, 0.2) is 29.3 Å². The van der Waals surface area contributed by atoms with Crippen LogP contribution in [0.25, 0.3) is 0 Å². The summed E-state index contributed by atoms with van der Waals surface area (Å²) >= 11 is 6.98. The van der Waals surface area contributed by atoms with Crippen molar-refractivity contribution >= 4 is 43.8 Å². The highest BCUT2D eigenvalue weighted by atomic mass is 35.5. The Hall–Kier alpha value is -1.42. The Kier molecular flexibility index (Phi) is 5.28. The van der Waals surface area contributed by atoms with E-state index in [0.29, 0.717) is 28.1 Å². The molecule has 1 aromatic heterocycles. The fraction of sp³-hybridized carbons (Fsp3) is 0.500. The molecular weight excluding hydrogens is 423 g/mol. The van der Waals surface area contributed by atoms with E-state index < -0.39 is 15.2 Å². The van der Waals surface area contributed by atoms with Crippen molar-refractivity contribution in [2.24, 2.45) is 0 Å². The maximum Gasteiger partial charge on any atom is 0.263 e. The van der Waals surface area contributed by atoms with Gasteiger partial charge in [0.15, 0.2) is 10.3 Å². The van der Waals surface area contributed by atoms with Crippen LogP contribution in [0.3, 0.4) is 0 Å². The summed E-state index contributed by atoms with van der Waals surface area (Å²) in [5.74, 6) is 0. The Balaban J connectivity index is 1.47. The maximum atomic E-state index is 13.0. The Bertz CT molecular complexity index is 984. The summed E-state index contributed by atoms with van der Waals surface area (Å²) in [5.41, 5.74) is 0.880. The molecule has 0 bridgehead atoms. The second-order valence-corrected chi connectivity index (χ2v) is 10.5. The number of benzene rings is 1. The van der Waals surface area contributed by atoms with Gasteiger partial charge in [-0.2, -0.15) is 4.39 Å². The summed E-state index contributed by atoms with van der Waals surface area (Å²) in [5, 5.41) is 3.17. The lowest BCUT2D eigenvalue weighted by Gasteiger charge is -2.34. The number of hydrogen-bond donors (Lipinski definition) is 2. The van der Waals surface area contributed by atoms with Crippen LogP contribution in [-0.2, 0) is 10.0 Å². The SMILES string of the molecule is CC1CCC2(CNc3ccc(S(=O)(=O)Nc4ncc(F)s4)cc3Cl)CCCN12. The first-order valence-corrected chi connectivity index (χ1v) is 11.9. The Morgan fingerprint density at radius 2 is 2.25 bits per heavy atom. The number of nitrogens with one attached hydrogen (secondary N) is 2. The third-order valence-corrected chi connectivity index (χ3v) is 8.25. The summed E-state index contributed by atoms with van der Waals surface area (Å²) in [6, 6.07) is 5.17. The summed E-state index contributed by atoms with van der Waals surface area (Å²) < 4.78 is 40.3. The van der Waals surface area contributed by atoms with Crippen LogP contribution in [-0.4, -0.2) is 43.0 Å². The Labute approximate surface area is 173 Å². The lowest BCUT2D eigenvalue weighted by Crippen LogP contribution is -2.46. The van der Waals surface area contributed by atoms with Crippen molar-refractivity contribution in [3.05, 3.63) is 34.5 Å². The Morgan fingerprint density at radius 3 is 2.96 bits per heavy atom. The first-order chi connectivity index (χ1) is 13.3. The molecule has 1 aromatic carbocycles. The number of thiazole rings is 1. The third-order valence-electron chi connectivity index (χ3n) is 5.77. The van der Waals surface area contributed by atoms with Gasteiger partial charge < -0.3 is 5.32 Å². The van der Waals surface area contributed by atoms with Crippen LogP contribution >= 0.6 is 22.9 Å². The van der Waals surface area contributed by atoms with Gasteiger partial charge in [0.05, 0.1) is 21.8 Å². The fourth-order valence-electron chi connectivity index (χ4n) is 4.37. The molecule has 152 valence electrons. The molecule has 0 spiro atoms. The van der Waals surface area contributed by atoms with Crippen molar-refractivity contribution in [2.75, 3.05) is 23.1 Å². The minimum atomic E-state index is -3.88. The predicted molar refractivity (Wildman–Crippen MR) is 110 cm³/mol. The van der Waals surface area contributed by atoms with E-state index in [1.807, 2.05) is 0 Å². The van der Waals surface area contributed by atoms with Gasteiger partial charge in [-0.15, -0.1) is 0 Å². The molecule has 4 rings (SSSR count). The summed E-state index contributed by atoms with van der Waals surface area (Å²) in [6.45, 7) is 4.21. The molecule has 2 saturated heterocycles. The number of aromatic nitrogens is 1. The molecular formula is C18H22ClFN4O2S2. The van der Waals surface area contributed by atoms with Crippen molar-refractivity contribution in [1.82, 2.24) is 9.88 Å². The molecule has 0 amide bonds. The summed E-state index contributed by atoms with van der Waals surface area (Å²) in [7, 11) is -3.88. The zero-order chi connectivity index (χ0) is 19.9. The average molecular weight is 445 g/mol. The first kappa shape index (κ1) is 19.9. The second-order valence-electron chi connectivity index (χ2n) is 7.48. The molecule has 2 unspecified atom stereocenters. The molecule has 0 aliphatic carbocycles. The number of fused-ring (bicyclic) bond motifs is 1. The highest BCUT2D eigenvalue weighted by Gasteiger charge is 2.47. The van der Waals surface area contributed by atoms with Crippen molar-refractivity contribution in [3.63, 3.8) is 0 Å². The highest BCUT2D eigenvalue weighted by molar-refractivity contribution is 7.93. The topological polar surface area (TPSA) is 74.3 Å². The van der Waals surface area contributed by atoms with Gasteiger partial charge in [-0.3, -0.25) is 9.62 Å².